The van der Waals surface area contributed by atoms with Crippen LogP contribution in [-0.2, 0) is 22.3 Å². The number of likely N-dealkylation sites (tertiary alicyclic amines) is 1. The second-order valence-electron chi connectivity index (χ2n) is 32.0. The van der Waals surface area contributed by atoms with Gasteiger partial charge in [0.2, 0.25) is 0 Å². The van der Waals surface area contributed by atoms with Crippen LogP contribution >= 0.6 is 45.3 Å². The lowest BCUT2D eigenvalue weighted by Crippen LogP contribution is -2.59. The molecule has 21 rings (SSSR count). The topological polar surface area (TPSA) is 21.7 Å². The number of hydrogen-bond donors (Lipinski definition) is 0. The third kappa shape index (κ3) is 5.94. The molecular weight excluding hydrogens is 1060 g/mol. The van der Waals surface area contributed by atoms with Crippen molar-refractivity contribution in [3.63, 3.8) is 0 Å². The third-order valence-corrected chi connectivity index (χ3v) is 35.2. The summed E-state index contributed by atoms with van der Waals surface area (Å²) in [5.74, 6) is 27.3. The molecule has 426 valence electrons. The molecule has 3 nitrogen and oxygen atoms in total. The van der Waals surface area contributed by atoms with Crippen molar-refractivity contribution in [3.05, 3.63) is 80.1 Å². The summed E-state index contributed by atoms with van der Waals surface area (Å²) in [6, 6.07) is 15.9. The van der Waals surface area contributed by atoms with Gasteiger partial charge in [-0.1, -0.05) is 74.7 Å². The van der Waals surface area contributed by atoms with E-state index in [9.17, 15) is 0 Å². The maximum Gasteiger partial charge on any atom is 0.0700 e. The van der Waals surface area contributed by atoms with Gasteiger partial charge in [-0.15, -0.1) is 45.3 Å². The molecule has 1 spiro atoms. The number of methoxy groups -OCH3 is 1. The number of nitrogens with zero attached hydrogens (tertiary/aromatic N) is 1. The van der Waals surface area contributed by atoms with E-state index in [0.717, 1.165) is 167 Å². The van der Waals surface area contributed by atoms with E-state index in [-0.39, 0.29) is 0 Å². The molecule has 5 heterocycles. The SMILES string of the molecule is CCCCCCc1ccsc1-c1ccc(-c2ccc(-c3sc(C4N(CCOCCOC)CC5C6=C7C8C9=C(C6)CC6CC%10CC%11CC%12CC%13CC%14CC54C4C7C5C8C7C(C96)C%10C6C%11C%12C8C%13C(C5C8C67)C%144)cc3CCCCCC)s2)s1. The average Bonchev–Trinajstić information content (AvgIpc) is 1.46. The largest absolute Gasteiger partial charge is 0.382 e. The summed E-state index contributed by atoms with van der Waals surface area (Å²) < 4.78 is 12.3. The number of thiophene rings is 4. The summed E-state index contributed by atoms with van der Waals surface area (Å²) in [6.45, 7) is 9.35. The molecule has 28 unspecified atom stereocenters. The van der Waals surface area contributed by atoms with E-state index >= 15 is 0 Å². The number of allylic oxidation sites excluding steroid dienone is 3. The summed E-state index contributed by atoms with van der Waals surface area (Å²) in [7, 11) is 1.85. The van der Waals surface area contributed by atoms with E-state index < -0.39 is 0 Å². The first kappa shape index (κ1) is 49.2. The minimum Gasteiger partial charge on any atom is -0.382 e. The Kier molecular flexibility index (Phi) is 10.6. The predicted octanol–water partition coefficient (Wildman–Crippen LogP) is 18.1. The van der Waals surface area contributed by atoms with Gasteiger partial charge in [-0.2, -0.15) is 0 Å². The minimum absolute atomic E-state index is 0.348. The van der Waals surface area contributed by atoms with E-state index in [1.807, 2.05) is 18.4 Å². The van der Waals surface area contributed by atoms with Gasteiger partial charge < -0.3 is 9.47 Å². The fraction of sp³-hybridized carbons (Fsp3) is 0.730. The zero-order chi connectivity index (χ0) is 52.6. The molecule has 81 heavy (non-hydrogen) atoms. The Morgan fingerprint density at radius 3 is 1.91 bits per heavy atom. The molecule has 13 saturated carbocycles. The molecule has 4 aromatic rings. The van der Waals surface area contributed by atoms with Crippen LogP contribution in [0.15, 0.2) is 64.1 Å². The second-order valence-corrected chi connectivity index (χ2v) is 36.1. The summed E-state index contributed by atoms with van der Waals surface area (Å²) in [6.07, 6.45) is 25.9. The predicted molar refractivity (Wildman–Crippen MR) is 331 cm³/mol. The lowest BCUT2D eigenvalue weighted by Gasteiger charge is -2.62. The number of hydrogen-bond acceptors (Lipinski definition) is 7. The van der Waals surface area contributed by atoms with Crippen molar-refractivity contribution in [2.24, 2.45) is 159 Å². The molecule has 0 bridgehead atoms. The van der Waals surface area contributed by atoms with Gasteiger partial charge in [0.05, 0.1) is 25.9 Å². The Hall–Kier alpha value is -1.84. The zero-order valence-electron chi connectivity index (χ0n) is 48.8. The molecule has 1 saturated heterocycles. The van der Waals surface area contributed by atoms with E-state index in [2.05, 4.69) is 117 Å². The van der Waals surface area contributed by atoms with Gasteiger partial charge in [-0.3, -0.25) is 4.90 Å². The fourth-order valence-corrected chi connectivity index (χ4v) is 34.8. The van der Waals surface area contributed by atoms with Crippen LogP contribution in [0.5, 0.6) is 0 Å². The maximum atomic E-state index is 6.65. The van der Waals surface area contributed by atoms with Gasteiger partial charge in [0, 0.05) is 71.6 Å². The van der Waals surface area contributed by atoms with Crippen LogP contribution in [0.1, 0.15) is 139 Å². The summed E-state index contributed by atoms with van der Waals surface area (Å²) in [5, 5.41) is 2.35. The summed E-state index contributed by atoms with van der Waals surface area (Å²) in [4.78, 5) is 14.1. The quantitative estimate of drug-likeness (QED) is 0.0650. The Bertz CT molecular complexity index is 3330. The molecule has 0 aromatic carbocycles. The Labute approximate surface area is 500 Å². The molecule has 0 N–H and O–H groups in total. The molecule has 0 amide bonds. The van der Waals surface area contributed by atoms with Crippen LogP contribution in [0.4, 0.5) is 0 Å². The van der Waals surface area contributed by atoms with Gasteiger partial charge in [0.15, 0.2) is 0 Å². The molecule has 16 aliphatic carbocycles. The van der Waals surface area contributed by atoms with Crippen molar-refractivity contribution >= 4 is 45.3 Å². The lowest BCUT2D eigenvalue weighted by molar-refractivity contribution is -0.149. The average molecular weight is 1150 g/mol. The van der Waals surface area contributed by atoms with Crippen LogP contribution in [-0.4, -0.2) is 44.9 Å². The lowest BCUT2D eigenvalue weighted by atomic mass is 9.42. The zero-order valence-corrected chi connectivity index (χ0v) is 52.1. The molecule has 17 aliphatic rings. The normalized spacial score (nSPS) is 49.0. The van der Waals surface area contributed by atoms with Crippen LogP contribution < -0.4 is 0 Å². The molecule has 4 aromatic heterocycles. The first-order chi connectivity index (χ1) is 40.1. The number of fused-ring (bicyclic) bond motifs is 1. The van der Waals surface area contributed by atoms with Crippen LogP contribution in [0, 0.1) is 159 Å². The Morgan fingerprint density at radius 2 is 1.17 bits per heavy atom. The van der Waals surface area contributed by atoms with Gasteiger partial charge >= 0.3 is 0 Å². The van der Waals surface area contributed by atoms with Crippen molar-refractivity contribution in [1.82, 2.24) is 4.90 Å². The Morgan fingerprint density at radius 1 is 0.556 bits per heavy atom. The first-order valence-electron chi connectivity index (χ1n) is 34.7. The third-order valence-electron chi connectivity index (χ3n) is 30.3. The molecule has 7 heteroatoms. The van der Waals surface area contributed by atoms with Crippen LogP contribution in [0.3, 0.4) is 0 Å². The number of rotatable bonds is 20. The second kappa shape index (κ2) is 17.5. The molecular formula is C74H89NO2S4. The van der Waals surface area contributed by atoms with Crippen molar-refractivity contribution in [3.8, 4) is 29.3 Å². The van der Waals surface area contributed by atoms with Gasteiger partial charge in [0.1, 0.15) is 0 Å². The highest BCUT2D eigenvalue weighted by atomic mass is 32.1. The fourth-order valence-electron chi connectivity index (χ4n) is 30.0. The monoisotopic (exact) mass is 1150 g/mol. The van der Waals surface area contributed by atoms with E-state index in [1.54, 1.807) is 64.3 Å². The molecule has 1 aliphatic heterocycles. The van der Waals surface area contributed by atoms with Crippen LogP contribution in [0.2, 0.25) is 0 Å². The highest BCUT2D eigenvalue weighted by molar-refractivity contribution is 7.28. The highest BCUT2D eigenvalue weighted by Crippen LogP contribution is 2.93. The van der Waals surface area contributed by atoms with Gasteiger partial charge in [-0.25, -0.2) is 0 Å². The number of unbranched alkanes of at least 4 members (excludes halogenated alkanes) is 6. The minimum atomic E-state index is 0.348. The van der Waals surface area contributed by atoms with E-state index in [1.165, 1.54) is 103 Å². The van der Waals surface area contributed by atoms with E-state index in [0.29, 0.717) is 24.7 Å². The smallest absolute Gasteiger partial charge is 0.0700 e. The van der Waals surface area contributed by atoms with Crippen molar-refractivity contribution < 1.29 is 9.47 Å². The summed E-state index contributed by atoms with van der Waals surface area (Å²) in [5.41, 5.74) is 12.3. The van der Waals surface area contributed by atoms with Crippen molar-refractivity contribution in [1.29, 1.82) is 0 Å². The summed E-state index contributed by atoms with van der Waals surface area (Å²) >= 11 is 8.46. The molecule has 28 atom stereocenters. The highest BCUT2D eigenvalue weighted by Gasteiger charge is 2.88. The number of aryl methyl sites for hydroxylation is 2. The van der Waals surface area contributed by atoms with E-state index in [4.69, 9.17) is 9.47 Å². The standard InChI is InChI=1S/C74H89NO2S4/c1-4-6-8-10-12-34-18-23-78-71(34)47-16-14-45(79-47)46-15-17-48(80-46)72-35(13-11-9-7-5-2)31-49(81-72)73-74-32-42-29-40-27-37-24-36-25-39-26-38-28-41-30-43(44(74)33-75(73)19-20-77-22-21-76-3)57-62-53(41)52(38)59-54(39)58-50(36)51(37)60-55(40)61-56(42)70(74)69(57)68-66(61)64(60)63(58)65(59)67(62)68/h14-18,23,31,36-40,42,44,50-52,54-56,58-70,73H,4-13,19-22,24-30,32-33H2,1-3H3. The van der Waals surface area contributed by atoms with Crippen molar-refractivity contribution in [2.75, 3.05) is 40.0 Å². The van der Waals surface area contributed by atoms with Gasteiger partial charge in [-0.05, 0) is 272 Å². The molecule has 0 radical (unpaired) electrons. The molecule has 14 fully saturated rings. The van der Waals surface area contributed by atoms with Gasteiger partial charge in [0.25, 0.3) is 0 Å². The number of ether oxygens (including phenoxy) is 2. The van der Waals surface area contributed by atoms with Crippen LogP contribution in [0.25, 0.3) is 29.3 Å². The Balaban J connectivity index is 0.720. The first-order valence-corrected chi connectivity index (χ1v) is 38.0. The van der Waals surface area contributed by atoms with Crippen molar-refractivity contribution in [2.45, 2.75) is 135 Å². The maximum absolute atomic E-state index is 6.65.